The molecule has 0 aromatic heterocycles. The van der Waals surface area contributed by atoms with E-state index in [1.54, 1.807) is 0 Å². The first-order valence-electron chi connectivity index (χ1n) is 4.52. The third kappa shape index (κ3) is 4.99. The zero-order valence-electron chi connectivity index (χ0n) is 8.17. The van der Waals surface area contributed by atoms with E-state index in [9.17, 15) is 13.6 Å². The van der Waals surface area contributed by atoms with Crippen LogP contribution in [0.25, 0.3) is 0 Å². The molecular formula is C8H15ClF2N2OS. The van der Waals surface area contributed by atoms with Crippen molar-refractivity contribution in [3.05, 3.63) is 0 Å². The van der Waals surface area contributed by atoms with E-state index >= 15 is 0 Å². The molecule has 1 fully saturated rings. The van der Waals surface area contributed by atoms with Crippen LogP contribution in [0.5, 0.6) is 0 Å². The highest BCUT2D eigenvalue weighted by molar-refractivity contribution is 8.00. The standard InChI is InChI=1S/C8H14F2N2OS.ClH/c9-8(10,4-11)5-12-7(13)6-2-1-3-14-6;/h6H,1-5,11H2,(H,12,13);1H. The molecule has 0 saturated carbocycles. The Morgan fingerprint density at radius 3 is 2.73 bits per heavy atom. The highest BCUT2D eigenvalue weighted by Gasteiger charge is 2.30. The fourth-order valence-corrected chi connectivity index (χ4v) is 2.37. The SMILES string of the molecule is Cl.NCC(F)(F)CNC(=O)C1CCCS1. The molecule has 0 radical (unpaired) electrons. The first-order chi connectivity index (χ1) is 6.55. The van der Waals surface area contributed by atoms with Crippen molar-refractivity contribution >= 4 is 30.1 Å². The van der Waals surface area contributed by atoms with Crippen LogP contribution in [0.4, 0.5) is 8.78 Å². The average Bonchev–Trinajstić information content (AvgIpc) is 2.67. The highest BCUT2D eigenvalue weighted by atomic mass is 35.5. The lowest BCUT2D eigenvalue weighted by Crippen LogP contribution is -2.43. The Balaban J connectivity index is 0.00000196. The summed E-state index contributed by atoms with van der Waals surface area (Å²) in [4.78, 5) is 11.3. The second-order valence-electron chi connectivity index (χ2n) is 3.28. The van der Waals surface area contributed by atoms with Gasteiger partial charge < -0.3 is 11.1 Å². The van der Waals surface area contributed by atoms with E-state index in [0.29, 0.717) is 0 Å². The number of carbonyl (C=O) groups excluding carboxylic acids is 1. The summed E-state index contributed by atoms with van der Waals surface area (Å²) in [5, 5.41) is 2.08. The molecule has 0 aromatic carbocycles. The lowest BCUT2D eigenvalue weighted by molar-refractivity contribution is -0.122. The Kier molecular flexibility index (Phi) is 6.47. The molecule has 3 nitrogen and oxygen atoms in total. The molecule has 1 aliphatic rings. The molecule has 90 valence electrons. The van der Waals surface area contributed by atoms with Crippen LogP contribution in [0.1, 0.15) is 12.8 Å². The zero-order valence-corrected chi connectivity index (χ0v) is 9.80. The van der Waals surface area contributed by atoms with Gasteiger partial charge in [-0.2, -0.15) is 0 Å². The van der Waals surface area contributed by atoms with Gasteiger partial charge in [-0.1, -0.05) is 0 Å². The Labute approximate surface area is 97.9 Å². The Morgan fingerprint density at radius 2 is 2.27 bits per heavy atom. The van der Waals surface area contributed by atoms with E-state index in [4.69, 9.17) is 5.73 Å². The Bertz CT molecular complexity index is 213. The summed E-state index contributed by atoms with van der Waals surface area (Å²) in [7, 11) is 0. The zero-order chi connectivity index (χ0) is 10.6. The quantitative estimate of drug-likeness (QED) is 0.793. The van der Waals surface area contributed by atoms with Crippen LogP contribution in [0.15, 0.2) is 0 Å². The number of rotatable bonds is 4. The van der Waals surface area contributed by atoms with E-state index < -0.39 is 19.0 Å². The number of hydrogen-bond acceptors (Lipinski definition) is 3. The molecule has 1 atom stereocenters. The van der Waals surface area contributed by atoms with Crippen molar-refractivity contribution in [2.45, 2.75) is 24.0 Å². The van der Waals surface area contributed by atoms with Gasteiger partial charge in [0.2, 0.25) is 5.91 Å². The molecular weight excluding hydrogens is 246 g/mol. The lowest BCUT2D eigenvalue weighted by atomic mass is 10.2. The van der Waals surface area contributed by atoms with Crippen LogP contribution in [-0.2, 0) is 4.79 Å². The predicted molar refractivity (Wildman–Crippen MR) is 59.7 cm³/mol. The number of thioether (sulfide) groups is 1. The van der Waals surface area contributed by atoms with E-state index in [2.05, 4.69) is 5.32 Å². The second kappa shape index (κ2) is 6.50. The van der Waals surface area contributed by atoms with Gasteiger partial charge in [-0.05, 0) is 18.6 Å². The first kappa shape index (κ1) is 14.9. The molecule has 1 unspecified atom stereocenters. The Morgan fingerprint density at radius 1 is 1.60 bits per heavy atom. The number of nitrogens with one attached hydrogen (secondary N) is 1. The molecule has 0 bridgehead atoms. The third-order valence-corrected chi connectivity index (χ3v) is 3.42. The number of halogens is 3. The topological polar surface area (TPSA) is 55.1 Å². The first-order valence-corrected chi connectivity index (χ1v) is 5.57. The molecule has 0 aliphatic carbocycles. The summed E-state index contributed by atoms with van der Waals surface area (Å²) < 4.78 is 25.3. The van der Waals surface area contributed by atoms with E-state index in [1.165, 1.54) is 11.8 Å². The van der Waals surface area contributed by atoms with Crippen molar-refractivity contribution in [3.63, 3.8) is 0 Å². The van der Waals surface area contributed by atoms with Crippen LogP contribution in [0, 0.1) is 0 Å². The highest BCUT2D eigenvalue weighted by Crippen LogP contribution is 2.26. The fraction of sp³-hybridized carbons (Fsp3) is 0.875. The number of carbonyl (C=O) groups is 1. The summed E-state index contributed by atoms with van der Waals surface area (Å²) in [6, 6.07) is 0. The second-order valence-corrected chi connectivity index (χ2v) is 4.59. The average molecular weight is 261 g/mol. The molecule has 1 aliphatic heterocycles. The van der Waals surface area contributed by atoms with Crippen molar-refractivity contribution < 1.29 is 13.6 Å². The van der Waals surface area contributed by atoms with Gasteiger partial charge in [0.1, 0.15) is 0 Å². The number of amides is 1. The molecule has 3 N–H and O–H groups in total. The van der Waals surface area contributed by atoms with Crippen LogP contribution in [0.3, 0.4) is 0 Å². The van der Waals surface area contributed by atoms with Crippen molar-refractivity contribution in [2.24, 2.45) is 5.73 Å². The Hall–Kier alpha value is -0.0700. The summed E-state index contributed by atoms with van der Waals surface area (Å²) in [5.41, 5.74) is 4.84. The molecule has 0 aromatic rings. The monoisotopic (exact) mass is 260 g/mol. The summed E-state index contributed by atoms with van der Waals surface area (Å²) in [6.07, 6.45) is 1.76. The van der Waals surface area contributed by atoms with Gasteiger partial charge in [0.05, 0.1) is 18.3 Å². The van der Waals surface area contributed by atoms with Crippen LogP contribution in [0.2, 0.25) is 0 Å². The number of nitrogens with two attached hydrogens (primary N) is 1. The van der Waals surface area contributed by atoms with Gasteiger partial charge >= 0.3 is 0 Å². The van der Waals surface area contributed by atoms with Crippen molar-refractivity contribution in [1.29, 1.82) is 0 Å². The summed E-state index contributed by atoms with van der Waals surface area (Å²) in [6.45, 7) is -1.38. The predicted octanol–water partition coefficient (Wildman–Crippen LogP) is 1.01. The molecule has 1 rings (SSSR count). The third-order valence-electron chi connectivity index (χ3n) is 2.04. The van der Waals surface area contributed by atoms with Gasteiger partial charge in [-0.3, -0.25) is 4.79 Å². The van der Waals surface area contributed by atoms with E-state index in [-0.39, 0.29) is 23.6 Å². The van der Waals surface area contributed by atoms with Gasteiger partial charge in [-0.25, -0.2) is 8.78 Å². The van der Waals surface area contributed by atoms with Crippen molar-refractivity contribution in [3.8, 4) is 0 Å². The molecule has 1 amide bonds. The van der Waals surface area contributed by atoms with Crippen LogP contribution >= 0.6 is 24.2 Å². The largest absolute Gasteiger partial charge is 0.349 e. The van der Waals surface area contributed by atoms with E-state index in [1.807, 2.05) is 0 Å². The molecule has 0 spiro atoms. The maximum absolute atomic E-state index is 12.7. The minimum Gasteiger partial charge on any atom is -0.349 e. The minimum absolute atomic E-state index is 0. The maximum Gasteiger partial charge on any atom is 0.277 e. The van der Waals surface area contributed by atoms with Gasteiger partial charge in [0.15, 0.2) is 0 Å². The van der Waals surface area contributed by atoms with Crippen molar-refractivity contribution in [2.75, 3.05) is 18.8 Å². The molecule has 1 saturated heterocycles. The van der Waals surface area contributed by atoms with Crippen molar-refractivity contribution in [1.82, 2.24) is 5.32 Å². The maximum atomic E-state index is 12.7. The minimum atomic E-state index is -2.99. The van der Waals surface area contributed by atoms with Gasteiger partial charge in [-0.15, -0.1) is 24.2 Å². The number of alkyl halides is 2. The summed E-state index contributed by atoms with van der Waals surface area (Å²) >= 11 is 1.52. The summed E-state index contributed by atoms with van der Waals surface area (Å²) in [5.74, 6) is -2.34. The molecule has 15 heavy (non-hydrogen) atoms. The smallest absolute Gasteiger partial charge is 0.277 e. The lowest BCUT2D eigenvalue weighted by Gasteiger charge is -2.16. The number of hydrogen-bond donors (Lipinski definition) is 2. The molecule has 1 heterocycles. The van der Waals surface area contributed by atoms with Gasteiger partial charge in [0.25, 0.3) is 5.92 Å². The molecule has 7 heteroatoms. The van der Waals surface area contributed by atoms with Crippen LogP contribution in [-0.4, -0.2) is 35.9 Å². The van der Waals surface area contributed by atoms with E-state index in [0.717, 1.165) is 18.6 Å². The fourth-order valence-electron chi connectivity index (χ4n) is 1.19. The normalized spacial score (nSPS) is 20.9. The van der Waals surface area contributed by atoms with Crippen LogP contribution < -0.4 is 11.1 Å². The van der Waals surface area contributed by atoms with Gasteiger partial charge in [0, 0.05) is 0 Å².